The number of benzene rings is 2. The molecule has 3 N–H and O–H groups in total. The van der Waals surface area contributed by atoms with Gasteiger partial charge in [0.05, 0.1) is 12.0 Å². The molecule has 0 fully saturated rings. The van der Waals surface area contributed by atoms with Gasteiger partial charge in [-0.25, -0.2) is 0 Å². The highest BCUT2D eigenvalue weighted by atomic mass is 79.9. The van der Waals surface area contributed by atoms with E-state index in [2.05, 4.69) is 26.6 Å². The summed E-state index contributed by atoms with van der Waals surface area (Å²) in [5, 5.41) is 13.8. The summed E-state index contributed by atoms with van der Waals surface area (Å²) in [7, 11) is 0. The van der Waals surface area contributed by atoms with Gasteiger partial charge in [-0.2, -0.15) is 0 Å². The molecule has 2 amide bonds. The molecule has 0 bridgehead atoms. The van der Waals surface area contributed by atoms with Crippen molar-refractivity contribution in [2.45, 2.75) is 6.42 Å². The molecule has 1 aliphatic rings. The molecule has 2 aromatic carbocycles. The quantitative estimate of drug-likeness (QED) is 0.547. The van der Waals surface area contributed by atoms with Gasteiger partial charge in [0, 0.05) is 11.0 Å². The highest BCUT2D eigenvalue weighted by molar-refractivity contribution is 9.10. The maximum Gasteiger partial charge on any atom is 0.305 e. The second-order valence-corrected chi connectivity index (χ2v) is 6.86. The molecule has 3 rings (SSSR count). The van der Waals surface area contributed by atoms with E-state index in [0.29, 0.717) is 27.1 Å². The summed E-state index contributed by atoms with van der Waals surface area (Å²) in [6, 6.07) is 11.9. The lowest BCUT2D eigenvalue weighted by molar-refractivity contribution is -0.136. The average Bonchev–Trinajstić information content (AvgIpc) is 3.15. The number of carbonyl (C=O) groups excluding carboxylic acids is 2. The van der Waals surface area contributed by atoms with E-state index < -0.39 is 17.8 Å². The summed E-state index contributed by atoms with van der Waals surface area (Å²) >= 11 is 3.31. The number of rotatable bonds is 7. The second-order valence-electron chi connectivity index (χ2n) is 6.00. The molecule has 150 valence electrons. The highest BCUT2D eigenvalue weighted by Gasteiger charge is 2.18. The number of aliphatic carboxylic acids is 1. The van der Waals surface area contributed by atoms with E-state index in [0.717, 1.165) is 0 Å². The SMILES string of the molecule is O=C(O)CCNC(=O)/C(=C\c1ccc2c(c1)OCO2)NC(=O)c1ccccc1Br. The zero-order chi connectivity index (χ0) is 20.8. The maximum atomic E-state index is 12.6. The monoisotopic (exact) mass is 460 g/mol. The fraction of sp³-hybridized carbons (Fsp3) is 0.150. The van der Waals surface area contributed by atoms with Crippen LogP contribution in [-0.2, 0) is 9.59 Å². The lowest BCUT2D eigenvalue weighted by Crippen LogP contribution is -2.35. The molecule has 0 unspecified atom stereocenters. The first-order chi connectivity index (χ1) is 13.9. The van der Waals surface area contributed by atoms with Crippen LogP contribution in [0.2, 0.25) is 0 Å². The van der Waals surface area contributed by atoms with E-state index >= 15 is 0 Å². The Morgan fingerprint density at radius 3 is 2.62 bits per heavy atom. The number of carboxylic acids is 1. The second kappa shape index (κ2) is 9.24. The van der Waals surface area contributed by atoms with Crippen LogP contribution in [0.25, 0.3) is 6.08 Å². The van der Waals surface area contributed by atoms with Crippen LogP contribution >= 0.6 is 15.9 Å². The van der Waals surface area contributed by atoms with Crippen LogP contribution in [0, 0.1) is 0 Å². The lowest BCUT2D eigenvalue weighted by Gasteiger charge is -2.12. The maximum absolute atomic E-state index is 12.6. The summed E-state index contributed by atoms with van der Waals surface area (Å²) in [6.07, 6.45) is 1.24. The fourth-order valence-electron chi connectivity index (χ4n) is 2.54. The Labute approximate surface area is 174 Å². The Morgan fingerprint density at radius 1 is 1.10 bits per heavy atom. The third kappa shape index (κ3) is 5.35. The smallest absolute Gasteiger partial charge is 0.305 e. The van der Waals surface area contributed by atoms with Gasteiger partial charge in [0.1, 0.15) is 5.70 Å². The van der Waals surface area contributed by atoms with Crippen molar-refractivity contribution in [1.82, 2.24) is 10.6 Å². The molecule has 0 atom stereocenters. The molecular weight excluding hydrogens is 444 g/mol. The minimum atomic E-state index is -1.04. The summed E-state index contributed by atoms with van der Waals surface area (Å²) in [6.45, 7) is 0.0430. The highest BCUT2D eigenvalue weighted by Crippen LogP contribution is 2.33. The summed E-state index contributed by atoms with van der Waals surface area (Å²) in [5.74, 6) is -1.01. The van der Waals surface area contributed by atoms with Crippen molar-refractivity contribution in [3.8, 4) is 11.5 Å². The molecule has 0 aliphatic carbocycles. The van der Waals surface area contributed by atoms with Crippen molar-refractivity contribution in [2.75, 3.05) is 13.3 Å². The van der Waals surface area contributed by atoms with Gasteiger partial charge in [0.2, 0.25) is 6.79 Å². The third-order valence-corrected chi connectivity index (χ3v) is 4.63. The van der Waals surface area contributed by atoms with Crippen molar-refractivity contribution >= 4 is 39.8 Å². The zero-order valence-electron chi connectivity index (χ0n) is 15.1. The zero-order valence-corrected chi connectivity index (χ0v) is 16.7. The Morgan fingerprint density at radius 2 is 1.86 bits per heavy atom. The minimum absolute atomic E-state index is 0.0324. The van der Waals surface area contributed by atoms with E-state index in [4.69, 9.17) is 14.6 Å². The molecule has 0 radical (unpaired) electrons. The molecule has 9 heteroatoms. The standard InChI is InChI=1S/C20H17BrN2O6/c21-14-4-2-1-3-13(14)19(26)23-15(20(27)22-8-7-18(24)25)9-12-5-6-16-17(10-12)29-11-28-16/h1-6,9-10H,7-8,11H2,(H,22,27)(H,23,26)(H,24,25)/b15-9+. The first-order valence-corrected chi connectivity index (χ1v) is 9.40. The van der Waals surface area contributed by atoms with Gasteiger partial charge >= 0.3 is 5.97 Å². The minimum Gasteiger partial charge on any atom is -0.481 e. The Hall–Kier alpha value is -3.33. The number of amides is 2. The van der Waals surface area contributed by atoms with Gasteiger partial charge in [0.15, 0.2) is 11.5 Å². The number of carbonyl (C=O) groups is 3. The molecule has 1 aliphatic heterocycles. The fourth-order valence-corrected chi connectivity index (χ4v) is 3.01. The van der Waals surface area contributed by atoms with Crippen molar-refractivity contribution < 1.29 is 29.0 Å². The first kappa shape index (κ1) is 20.4. The molecule has 0 saturated heterocycles. The molecule has 1 heterocycles. The van der Waals surface area contributed by atoms with E-state index in [1.54, 1.807) is 42.5 Å². The van der Waals surface area contributed by atoms with Crippen LogP contribution < -0.4 is 20.1 Å². The molecule has 0 spiro atoms. The summed E-state index contributed by atoms with van der Waals surface area (Å²) in [5.41, 5.74) is 0.919. The normalized spacial score (nSPS) is 12.4. The van der Waals surface area contributed by atoms with Crippen LogP contribution in [-0.4, -0.2) is 36.2 Å². The summed E-state index contributed by atoms with van der Waals surface area (Å²) < 4.78 is 11.2. The molecular formula is C20H17BrN2O6. The Kier molecular flexibility index (Phi) is 6.50. The number of halogens is 1. The largest absolute Gasteiger partial charge is 0.481 e. The van der Waals surface area contributed by atoms with Crippen LogP contribution in [0.5, 0.6) is 11.5 Å². The topological polar surface area (TPSA) is 114 Å². The molecule has 29 heavy (non-hydrogen) atoms. The number of hydrogen-bond donors (Lipinski definition) is 3. The number of carboxylic acid groups (broad SMARTS) is 1. The molecule has 0 aromatic heterocycles. The number of nitrogens with one attached hydrogen (secondary N) is 2. The third-order valence-electron chi connectivity index (χ3n) is 3.94. The van der Waals surface area contributed by atoms with Gasteiger partial charge in [-0.3, -0.25) is 14.4 Å². The van der Waals surface area contributed by atoms with Crippen LogP contribution in [0.3, 0.4) is 0 Å². The first-order valence-electron chi connectivity index (χ1n) is 8.61. The summed E-state index contributed by atoms with van der Waals surface area (Å²) in [4.78, 5) is 35.9. The van der Waals surface area contributed by atoms with Gasteiger partial charge < -0.3 is 25.2 Å². The van der Waals surface area contributed by atoms with Gasteiger partial charge in [-0.05, 0) is 51.8 Å². The van der Waals surface area contributed by atoms with Crippen molar-refractivity contribution in [3.63, 3.8) is 0 Å². The van der Waals surface area contributed by atoms with Crippen molar-refractivity contribution in [2.24, 2.45) is 0 Å². The van der Waals surface area contributed by atoms with E-state index in [1.807, 2.05) is 0 Å². The van der Waals surface area contributed by atoms with Gasteiger partial charge in [-0.15, -0.1) is 0 Å². The molecule has 2 aromatic rings. The average molecular weight is 461 g/mol. The Balaban J connectivity index is 1.84. The molecule has 0 saturated carbocycles. The van der Waals surface area contributed by atoms with E-state index in [1.165, 1.54) is 6.08 Å². The van der Waals surface area contributed by atoms with E-state index in [-0.39, 0.29) is 25.5 Å². The van der Waals surface area contributed by atoms with Gasteiger partial charge in [0.25, 0.3) is 11.8 Å². The predicted octanol–water partition coefficient (Wildman–Crippen LogP) is 2.54. The van der Waals surface area contributed by atoms with Crippen molar-refractivity contribution in [3.05, 3.63) is 63.8 Å². The van der Waals surface area contributed by atoms with Crippen molar-refractivity contribution in [1.29, 1.82) is 0 Å². The van der Waals surface area contributed by atoms with Crippen LogP contribution in [0.4, 0.5) is 0 Å². The number of hydrogen-bond acceptors (Lipinski definition) is 5. The predicted molar refractivity (Wildman–Crippen MR) is 107 cm³/mol. The number of fused-ring (bicyclic) bond motifs is 1. The molecule has 8 nitrogen and oxygen atoms in total. The number of ether oxygens (including phenoxy) is 2. The van der Waals surface area contributed by atoms with Crippen LogP contribution in [0.15, 0.2) is 52.6 Å². The van der Waals surface area contributed by atoms with Crippen LogP contribution in [0.1, 0.15) is 22.3 Å². The van der Waals surface area contributed by atoms with Gasteiger partial charge in [-0.1, -0.05) is 18.2 Å². The van der Waals surface area contributed by atoms with E-state index in [9.17, 15) is 14.4 Å². The lowest BCUT2D eigenvalue weighted by atomic mass is 10.1. The Bertz CT molecular complexity index is 989.